The van der Waals surface area contributed by atoms with Crippen molar-refractivity contribution in [1.29, 1.82) is 0 Å². The van der Waals surface area contributed by atoms with Crippen LogP contribution in [0, 0.1) is 6.92 Å². The molecule has 0 aromatic carbocycles. The van der Waals surface area contributed by atoms with E-state index < -0.39 is 0 Å². The van der Waals surface area contributed by atoms with Crippen molar-refractivity contribution in [3.8, 4) is 0 Å². The molecule has 1 aromatic rings. The largest absolute Gasteiger partial charge is 0.311 e. The fourth-order valence-corrected chi connectivity index (χ4v) is 3.88. The van der Waals surface area contributed by atoms with Gasteiger partial charge in [0.15, 0.2) is 0 Å². The Balaban J connectivity index is 1.79. The summed E-state index contributed by atoms with van der Waals surface area (Å²) in [5.41, 5.74) is 2.74. The highest BCUT2D eigenvalue weighted by Crippen LogP contribution is 2.36. The molecule has 1 aromatic heterocycles. The minimum atomic E-state index is 0.385. The normalized spacial score (nSPS) is 26.8. The predicted molar refractivity (Wildman–Crippen MR) is 82.7 cm³/mol. The maximum atomic E-state index is 4.71. The molecule has 3 rings (SSSR count). The van der Waals surface area contributed by atoms with Crippen molar-refractivity contribution in [2.24, 2.45) is 0 Å². The molecule has 3 nitrogen and oxygen atoms in total. The summed E-state index contributed by atoms with van der Waals surface area (Å²) < 4.78 is 0. The van der Waals surface area contributed by atoms with E-state index in [1.165, 1.54) is 37.8 Å². The molecule has 1 saturated heterocycles. The minimum Gasteiger partial charge on any atom is -0.311 e. The molecule has 0 amide bonds. The molecule has 1 spiro atoms. The van der Waals surface area contributed by atoms with Gasteiger partial charge in [0.25, 0.3) is 0 Å². The van der Waals surface area contributed by atoms with E-state index in [9.17, 15) is 0 Å². The first-order valence-corrected chi connectivity index (χ1v) is 8.09. The third-order valence-electron chi connectivity index (χ3n) is 5.03. The maximum Gasteiger partial charge on any atom is 0.0547 e. The monoisotopic (exact) mass is 273 g/mol. The van der Waals surface area contributed by atoms with Crippen molar-refractivity contribution >= 4 is 0 Å². The van der Waals surface area contributed by atoms with Crippen LogP contribution in [-0.4, -0.2) is 34.6 Å². The predicted octanol–water partition coefficient (Wildman–Crippen LogP) is 2.89. The van der Waals surface area contributed by atoms with Crippen LogP contribution >= 0.6 is 0 Å². The SMILES string of the molecule is Cc1cccc(CN2CC(C)NCC23CCCCC3)n1. The highest BCUT2D eigenvalue weighted by Gasteiger charge is 2.41. The molecule has 1 aliphatic carbocycles. The molecule has 110 valence electrons. The van der Waals surface area contributed by atoms with Crippen LogP contribution in [0.2, 0.25) is 0 Å². The molecule has 1 aliphatic heterocycles. The van der Waals surface area contributed by atoms with Crippen LogP contribution in [0.4, 0.5) is 0 Å². The second-order valence-corrected chi connectivity index (χ2v) is 6.72. The zero-order chi connectivity index (χ0) is 14.0. The first-order valence-electron chi connectivity index (χ1n) is 8.09. The third kappa shape index (κ3) is 2.89. The molecule has 2 heterocycles. The Kier molecular flexibility index (Phi) is 4.08. The standard InChI is InChI=1S/C17H27N3/c1-14-7-6-8-16(19-14)12-20-11-15(2)18-13-17(20)9-4-3-5-10-17/h6-8,15,18H,3-5,9-13H2,1-2H3. The van der Waals surface area contributed by atoms with E-state index >= 15 is 0 Å². The Morgan fingerprint density at radius 2 is 2.10 bits per heavy atom. The Hall–Kier alpha value is -0.930. The van der Waals surface area contributed by atoms with Crippen molar-refractivity contribution in [1.82, 2.24) is 15.2 Å². The molecule has 2 aliphatic rings. The van der Waals surface area contributed by atoms with Gasteiger partial charge in [-0.1, -0.05) is 25.3 Å². The second kappa shape index (κ2) is 5.82. The summed E-state index contributed by atoms with van der Waals surface area (Å²) in [4.78, 5) is 7.43. The van der Waals surface area contributed by atoms with E-state index in [0.717, 1.165) is 25.3 Å². The zero-order valence-electron chi connectivity index (χ0n) is 12.9. The number of piperazine rings is 1. The van der Waals surface area contributed by atoms with Crippen molar-refractivity contribution in [3.63, 3.8) is 0 Å². The molecule has 1 saturated carbocycles. The number of nitrogens with one attached hydrogen (secondary N) is 1. The summed E-state index contributed by atoms with van der Waals surface area (Å²) in [6.07, 6.45) is 6.87. The Labute approximate surface area is 122 Å². The fourth-order valence-electron chi connectivity index (χ4n) is 3.88. The molecule has 2 fully saturated rings. The second-order valence-electron chi connectivity index (χ2n) is 6.72. The van der Waals surface area contributed by atoms with Crippen LogP contribution in [0.1, 0.15) is 50.4 Å². The quantitative estimate of drug-likeness (QED) is 0.898. The summed E-state index contributed by atoms with van der Waals surface area (Å²) in [5.74, 6) is 0. The maximum absolute atomic E-state index is 4.71. The molecule has 3 heteroatoms. The number of hydrogen-bond donors (Lipinski definition) is 1. The van der Waals surface area contributed by atoms with Gasteiger partial charge in [0.05, 0.1) is 5.69 Å². The summed E-state index contributed by atoms with van der Waals surface area (Å²) in [7, 11) is 0. The van der Waals surface area contributed by atoms with Crippen LogP contribution < -0.4 is 5.32 Å². The first kappa shape index (κ1) is 14.0. The van der Waals surface area contributed by atoms with Crippen LogP contribution in [0.15, 0.2) is 18.2 Å². The summed E-state index contributed by atoms with van der Waals surface area (Å²) in [6.45, 7) is 7.69. The van der Waals surface area contributed by atoms with Gasteiger partial charge in [-0.3, -0.25) is 9.88 Å². The van der Waals surface area contributed by atoms with Gasteiger partial charge in [-0.2, -0.15) is 0 Å². The lowest BCUT2D eigenvalue weighted by atomic mass is 9.78. The molecule has 1 unspecified atom stereocenters. The van der Waals surface area contributed by atoms with Gasteiger partial charge >= 0.3 is 0 Å². The number of hydrogen-bond acceptors (Lipinski definition) is 3. The molecule has 0 radical (unpaired) electrons. The van der Waals surface area contributed by atoms with Gasteiger partial charge in [-0.15, -0.1) is 0 Å². The number of pyridine rings is 1. The van der Waals surface area contributed by atoms with Crippen LogP contribution in [0.25, 0.3) is 0 Å². The summed E-state index contributed by atoms with van der Waals surface area (Å²) in [6, 6.07) is 6.99. The molecule has 20 heavy (non-hydrogen) atoms. The highest BCUT2D eigenvalue weighted by atomic mass is 15.3. The number of aromatic nitrogens is 1. The van der Waals surface area contributed by atoms with Gasteiger partial charge in [0.2, 0.25) is 0 Å². The number of rotatable bonds is 2. The smallest absolute Gasteiger partial charge is 0.0547 e. The Morgan fingerprint density at radius 1 is 1.30 bits per heavy atom. The van der Waals surface area contributed by atoms with Crippen molar-refractivity contribution in [2.45, 2.75) is 64.1 Å². The van der Waals surface area contributed by atoms with Crippen LogP contribution in [0.3, 0.4) is 0 Å². The lowest BCUT2D eigenvalue weighted by molar-refractivity contribution is 0.00528. The first-order chi connectivity index (χ1) is 9.68. The van der Waals surface area contributed by atoms with Gasteiger partial charge in [0, 0.05) is 36.9 Å². The van der Waals surface area contributed by atoms with Crippen LogP contribution in [-0.2, 0) is 6.54 Å². The van der Waals surface area contributed by atoms with Gasteiger partial charge in [0.1, 0.15) is 0 Å². The van der Waals surface area contributed by atoms with Gasteiger partial charge < -0.3 is 5.32 Å². The minimum absolute atomic E-state index is 0.385. The third-order valence-corrected chi connectivity index (χ3v) is 5.03. The zero-order valence-corrected chi connectivity index (χ0v) is 12.9. The van der Waals surface area contributed by atoms with Crippen LogP contribution in [0.5, 0.6) is 0 Å². The van der Waals surface area contributed by atoms with Crippen molar-refractivity contribution in [3.05, 3.63) is 29.6 Å². The Bertz CT molecular complexity index is 451. The summed E-state index contributed by atoms with van der Waals surface area (Å²) >= 11 is 0. The van der Waals surface area contributed by atoms with E-state index in [4.69, 9.17) is 4.98 Å². The fraction of sp³-hybridized carbons (Fsp3) is 0.706. The number of aryl methyl sites for hydroxylation is 1. The molecule has 0 bridgehead atoms. The Morgan fingerprint density at radius 3 is 2.85 bits per heavy atom. The molecular formula is C17H27N3. The van der Waals surface area contributed by atoms with Gasteiger partial charge in [-0.05, 0) is 38.8 Å². The van der Waals surface area contributed by atoms with E-state index in [0.29, 0.717) is 11.6 Å². The lowest BCUT2D eigenvalue weighted by Gasteiger charge is -2.51. The average molecular weight is 273 g/mol. The van der Waals surface area contributed by atoms with E-state index in [-0.39, 0.29) is 0 Å². The van der Waals surface area contributed by atoms with E-state index in [1.807, 2.05) is 0 Å². The highest BCUT2D eigenvalue weighted by molar-refractivity contribution is 5.11. The lowest BCUT2D eigenvalue weighted by Crippen LogP contribution is -2.64. The average Bonchev–Trinajstić information content (AvgIpc) is 2.45. The van der Waals surface area contributed by atoms with Crippen molar-refractivity contribution < 1.29 is 0 Å². The molecule has 1 atom stereocenters. The number of nitrogens with zero attached hydrogens (tertiary/aromatic N) is 2. The van der Waals surface area contributed by atoms with Gasteiger partial charge in [-0.25, -0.2) is 0 Å². The molecular weight excluding hydrogens is 246 g/mol. The van der Waals surface area contributed by atoms with E-state index in [1.54, 1.807) is 0 Å². The summed E-state index contributed by atoms with van der Waals surface area (Å²) in [5, 5.41) is 3.71. The van der Waals surface area contributed by atoms with E-state index in [2.05, 4.69) is 42.3 Å². The molecule has 1 N–H and O–H groups in total. The topological polar surface area (TPSA) is 28.2 Å². The van der Waals surface area contributed by atoms with Crippen molar-refractivity contribution in [2.75, 3.05) is 13.1 Å².